The molecule has 0 spiro atoms. The van der Waals surface area contributed by atoms with Crippen LogP contribution in [0.2, 0.25) is 0 Å². The Morgan fingerprint density at radius 2 is 2.13 bits per heavy atom. The summed E-state index contributed by atoms with van der Waals surface area (Å²) < 4.78 is 10.9. The lowest BCUT2D eigenvalue weighted by Crippen LogP contribution is -2.45. The molecule has 1 unspecified atom stereocenters. The lowest BCUT2D eigenvalue weighted by Gasteiger charge is -2.37. The maximum atomic E-state index is 12.5. The highest BCUT2D eigenvalue weighted by Gasteiger charge is 2.31. The molecule has 0 saturated carbocycles. The average Bonchev–Trinajstić information content (AvgIpc) is 2.52. The predicted molar refractivity (Wildman–Crippen MR) is 88.6 cm³/mol. The number of ether oxygens (including phenoxy) is 2. The van der Waals surface area contributed by atoms with Gasteiger partial charge in [-0.05, 0) is 31.4 Å². The Bertz CT molecular complexity index is 621. The first-order chi connectivity index (χ1) is 10.9. The molecule has 5 nitrogen and oxygen atoms in total. The van der Waals surface area contributed by atoms with Gasteiger partial charge in [0.15, 0.2) is 0 Å². The number of amides is 1. The number of aryl methyl sites for hydroxylation is 1. The predicted octanol–water partition coefficient (Wildman–Crippen LogP) is 2.86. The van der Waals surface area contributed by atoms with Crippen molar-refractivity contribution in [3.63, 3.8) is 0 Å². The number of anilines is 1. The van der Waals surface area contributed by atoms with Crippen LogP contribution in [0.25, 0.3) is 0 Å². The van der Waals surface area contributed by atoms with Crippen LogP contribution in [-0.4, -0.2) is 31.1 Å². The van der Waals surface area contributed by atoms with Crippen LogP contribution in [0.5, 0.6) is 5.75 Å². The van der Waals surface area contributed by atoms with Gasteiger partial charge in [-0.1, -0.05) is 26.0 Å². The van der Waals surface area contributed by atoms with Gasteiger partial charge < -0.3 is 14.4 Å². The van der Waals surface area contributed by atoms with Crippen molar-refractivity contribution in [2.45, 2.75) is 33.8 Å². The van der Waals surface area contributed by atoms with E-state index in [2.05, 4.69) is 13.8 Å². The molecule has 1 amide bonds. The van der Waals surface area contributed by atoms with Gasteiger partial charge in [0.25, 0.3) is 5.91 Å². The van der Waals surface area contributed by atoms with Gasteiger partial charge >= 0.3 is 5.97 Å². The van der Waals surface area contributed by atoms with Crippen LogP contribution in [0.1, 0.15) is 26.3 Å². The van der Waals surface area contributed by atoms with Crippen LogP contribution >= 0.6 is 0 Å². The van der Waals surface area contributed by atoms with E-state index in [0.29, 0.717) is 6.54 Å². The number of fused-ring (bicyclic) bond motifs is 1. The summed E-state index contributed by atoms with van der Waals surface area (Å²) in [6.07, 6.45) is 2.34. The molecule has 1 aliphatic heterocycles. The summed E-state index contributed by atoms with van der Waals surface area (Å²) in [5.74, 6) is 0.236. The number of para-hydroxylation sites is 1. The molecule has 0 aromatic heterocycles. The minimum Gasteiger partial charge on any atom is -0.486 e. The van der Waals surface area contributed by atoms with E-state index in [4.69, 9.17) is 9.47 Å². The van der Waals surface area contributed by atoms with Crippen molar-refractivity contribution in [2.75, 3.05) is 18.1 Å². The van der Waals surface area contributed by atoms with Crippen molar-refractivity contribution in [1.82, 2.24) is 0 Å². The van der Waals surface area contributed by atoms with Crippen LogP contribution in [0, 0.1) is 12.8 Å². The lowest BCUT2D eigenvalue weighted by atomic mass is 10.0. The zero-order valence-corrected chi connectivity index (χ0v) is 14.0. The Labute approximate surface area is 136 Å². The first-order valence-corrected chi connectivity index (χ1v) is 7.86. The third kappa shape index (κ3) is 3.92. The summed E-state index contributed by atoms with van der Waals surface area (Å²) in [6.45, 7) is 8.54. The normalized spacial score (nSPS) is 17.1. The van der Waals surface area contributed by atoms with Gasteiger partial charge in [-0.15, -0.1) is 0 Å². The largest absolute Gasteiger partial charge is 0.486 e. The Morgan fingerprint density at radius 1 is 1.39 bits per heavy atom. The zero-order valence-electron chi connectivity index (χ0n) is 14.0. The molecule has 0 radical (unpaired) electrons. The topological polar surface area (TPSA) is 55.8 Å². The minimum absolute atomic E-state index is 0.0801. The summed E-state index contributed by atoms with van der Waals surface area (Å²) in [6, 6.07) is 5.70. The highest BCUT2D eigenvalue weighted by atomic mass is 16.5. The van der Waals surface area contributed by atoms with Crippen molar-refractivity contribution in [2.24, 2.45) is 5.92 Å². The second-order valence-corrected chi connectivity index (χ2v) is 5.86. The summed E-state index contributed by atoms with van der Waals surface area (Å²) in [7, 11) is 0. The van der Waals surface area contributed by atoms with Gasteiger partial charge in [0.1, 0.15) is 11.9 Å². The number of hydrogen-bond acceptors (Lipinski definition) is 4. The fourth-order valence-corrected chi connectivity index (χ4v) is 2.45. The quantitative estimate of drug-likeness (QED) is 0.633. The van der Waals surface area contributed by atoms with Crippen molar-refractivity contribution in [1.29, 1.82) is 0 Å². The molecule has 1 aromatic rings. The molecule has 0 bridgehead atoms. The fraction of sp³-hybridized carbons (Fsp3) is 0.444. The average molecular weight is 317 g/mol. The number of carbonyl (C=O) groups excluding carboxylic acids is 2. The summed E-state index contributed by atoms with van der Waals surface area (Å²) in [4.78, 5) is 25.6. The zero-order chi connectivity index (χ0) is 17.0. The molecule has 1 aromatic carbocycles. The van der Waals surface area contributed by atoms with E-state index in [-0.39, 0.29) is 24.5 Å². The maximum absolute atomic E-state index is 12.5. The molecule has 5 heteroatoms. The first kappa shape index (κ1) is 17.1. The molecule has 1 heterocycles. The van der Waals surface area contributed by atoms with Crippen LogP contribution in [0.15, 0.2) is 30.4 Å². The number of esters is 1. The van der Waals surface area contributed by atoms with Crippen molar-refractivity contribution in [3.05, 3.63) is 35.9 Å². The third-order valence-electron chi connectivity index (χ3n) is 3.77. The SMILES string of the molecule is CCOC(=O)C=CC(=O)N1CC(C(C)C)Oc2c(C)cccc21. The third-order valence-corrected chi connectivity index (χ3v) is 3.77. The van der Waals surface area contributed by atoms with Crippen LogP contribution < -0.4 is 9.64 Å². The lowest BCUT2D eigenvalue weighted by molar-refractivity contribution is -0.137. The van der Waals surface area contributed by atoms with Gasteiger partial charge in [0.2, 0.25) is 0 Å². The number of benzene rings is 1. The molecule has 0 saturated heterocycles. The second kappa shape index (κ2) is 7.31. The summed E-state index contributed by atoms with van der Waals surface area (Å²) in [5.41, 5.74) is 1.72. The molecule has 0 aliphatic carbocycles. The Kier molecular flexibility index (Phi) is 5.42. The van der Waals surface area contributed by atoms with Gasteiger partial charge in [-0.2, -0.15) is 0 Å². The number of nitrogens with zero attached hydrogens (tertiary/aromatic N) is 1. The number of carbonyl (C=O) groups is 2. The molecule has 0 fully saturated rings. The second-order valence-electron chi connectivity index (χ2n) is 5.86. The molecular weight excluding hydrogens is 294 g/mol. The van der Waals surface area contributed by atoms with Crippen molar-refractivity contribution in [3.8, 4) is 5.75 Å². The van der Waals surface area contributed by atoms with Gasteiger partial charge in [-0.25, -0.2) is 4.79 Å². The van der Waals surface area contributed by atoms with E-state index in [9.17, 15) is 9.59 Å². The Hall–Kier alpha value is -2.30. The minimum atomic E-state index is -0.515. The highest BCUT2D eigenvalue weighted by Crippen LogP contribution is 2.37. The Balaban J connectivity index is 2.28. The first-order valence-electron chi connectivity index (χ1n) is 7.86. The van der Waals surface area contributed by atoms with Crippen LogP contribution in [0.4, 0.5) is 5.69 Å². The van der Waals surface area contributed by atoms with Gasteiger partial charge in [-0.3, -0.25) is 4.79 Å². The van der Waals surface area contributed by atoms with Crippen LogP contribution in [0.3, 0.4) is 0 Å². The maximum Gasteiger partial charge on any atom is 0.330 e. The standard InChI is InChI=1S/C18H23NO4/c1-5-22-17(21)10-9-16(20)19-11-15(12(2)3)23-18-13(4)7-6-8-14(18)19/h6-10,12,15H,5,11H2,1-4H3. The molecule has 1 aliphatic rings. The fourth-order valence-electron chi connectivity index (χ4n) is 2.45. The monoisotopic (exact) mass is 317 g/mol. The number of hydrogen-bond donors (Lipinski definition) is 0. The molecule has 0 N–H and O–H groups in total. The summed E-state index contributed by atoms with van der Waals surface area (Å²) >= 11 is 0. The highest BCUT2D eigenvalue weighted by molar-refractivity contribution is 6.05. The molecule has 124 valence electrons. The van der Waals surface area contributed by atoms with E-state index >= 15 is 0 Å². The Morgan fingerprint density at radius 3 is 2.78 bits per heavy atom. The smallest absolute Gasteiger partial charge is 0.330 e. The van der Waals surface area contributed by atoms with E-state index in [1.54, 1.807) is 11.8 Å². The van der Waals surface area contributed by atoms with E-state index in [1.165, 1.54) is 12.2 Å². The van der Waals surface area contributed by atoms with Crippen molar-refractivity contribution >= 4 is 17.6 Å². The number of rotatable bonds is 4. The van der Waals surface area contributed by atoms with Gasteiger partial charge in [0.05, 0.1) is 18.8 Å². The van der Waals surface area contributed by atoms with Gasteiger partial charge in [0, 0.05) is 12.2 Å². The van der Waals surface area contributed by atoms with Crippen molar-refractivity contribution < 1.29 is 19.1 Å². The molecule has 1 atom stereocenters. The molecule has 23 heavy (non-hydrogen) atoms. The summed E-state index contributed by atoms with van der Waals surface area (Å²) in [5, 5.41) is 0. The van der Waals surface area contributed by atoms with E-state index in [0.717, 1.165) is 17.0 Å². The van der Waals surface area contributed by atoms with E-state index < -0.39 is 5.97 Å². The van der Waals surface area contributed by atoms with Crippen LogP contribution in [-0.2, 0) is 14.3 Å². The van der Waals surface area contributed by atoms with E-state index in [1.807, 2.05) is 25.1 Å². The molecular formula is C18H23NO4. The molecule has 2 rings (SSSR count).